The quantitative estimate of drug-likeness (QED) is 0.596. The van der Waals surface area contributed by atoms with Gasteiger partial charge >= 0.3 is 0 Å². The Morgan fingerprint density at radius 1 is 1.53 bits per heavy atom. The Kier molecular flexibility index (Phi) is 6.03. The monoisotopic (exact) mass is 249 g/mol. The lowest BCUT2D eigenvalue weighted by molar-refractivity contribution is 0.426. The average Bonchev–Trinajstić information content (AvgIpc) is 2.36. The lowest BCUT2D eigenvalue weighted by Gasteiger charge is -2.22. The molecule has 1 atom stereocenters. The molecule has 1 rings (SSSR count). The normalized spacial score (nSPS) is 13.9. The minimum absolute atomic E-state index is 0.389. The number of hydrogen-bond donors (Lipinski definition) is 1. The summed E-state index contributed by atoms with van der Waals surface area (Å²) in [5, 5.41) is 13.4. The van der Waals surface area contributed by atoms with Crippen molar-refractivity contribution in [3.63, 3.8) is 0 Å². The lowest BCUT2D eigenvalue weighted by Crippen LogP contribution is -2.40. The number of nitriles is 1. The highest BCUT2D eigenvalue weighted by atomic mass is 32.2. The highest BCUT2D eigenvalue weighted by Crippen LogP contribution is 2.19. The van der Waals surface area contributed by atoms with Crippen molar-refractivity contribution in [2.75, 3.05) is 12.3 Å². The maximum atomic E-state index is 9.10. The average molecular weight is 249 g/mol. The Balaban J connectivity index is 2.26. The molecule has 92 valence electrons. The van der Waals surface area contributed by atoms with Crippen LogP contribution < -0.4 is 5.32 Å². The van der Waals surface area contributed by atoms with E-state index in [1.165, 1.54) is 0 Å². The first-order valence-electron chi connectivity index (χ1n) is 5.90. The molecular formula is C13H19N3S. The van der Waals surface area contributed by atoms with Crippen molar-refractivity contribution in [1.82, 2.24) is 10.3 Å². The predicted octanol–water partition coefficient (Wildman–Crippen LogP) is 2.85. The van der Waals surface area contributed by atoms with Crippen LogP contribution >= 0.6 is 11.8 Å². The lowest BCUT2D eigenvalue weighted by atomic mass is 9.98. The minimum atomic E-state index is -0.389. The van der Waals surface area contributed by atoms with Gasteiger partial charge in [0.05, 0.1) is 11.1 Å². The molecule has 1 aromatic heterocycles. The number of hydrogen-bond acceptors (Lipinski definition) is 4. The summed E-state index contributed by atoms with van der Waals surface area (Å²) in [4.78, 5) is 4.25. The molecule has 0 aromatic carbocycles. The fraction of sp³-hybridized carbons (Fsp3) is 0.538. The number of rotatable bonds is 7. The molecule has 0 spiro atoms. The van der Waals surface area contributed by atoms with E-state index >= 15 is 0 Å². The van der Waals surface area contributed by atoms with Gasteiger partial charge in [0, 0.05) is 6.20 Å². The van der Waals surface area contributed by atoms with Crippen LogP contribution in [-0.4, -0.2) is 22.8 Å². The summed E-state index contributed by atoms with van der Waals surface area (Å²) in [7, 11) is 0. The Hall–Kier alpha value is -1.05. The zero-order chi connectivity index (χ0) is 12.6. The van der Waals surface area contributed by atoms with Gasteiger partial charge in [-0.1, -0.05) is 13.0 Å². The van der Waals surface area contributed by atoms with Crippen LogP contribution in [0.5, 0.6) is 0 Å². The molecule has 17 heavy (non-hydrogen) atoms. The number of nitrogens with zero attached hydrogens (tertiary/aromatic N) is 2. The van der Waals surface area contributed by atoms with Crippen molar-refractivity contribution in [3.8, 4) is 6.07 Å². The topological polar surface area (TPSA) is 48.7 Å². The Bertz CT molecular complexity index is 361. The van der Waals surface area contributed by atoms with Crippen molar-refractivity contribution in [1.29, 1.82) is 5.26 Å². The number of aromatic nitrogens is 1. The van der Waals surface area contributed by atoms with E-state index in [1.54, 1.807) is 18.0 Å². The summed E-state index contributed by atoms with van der Waals surface area (Å²) in [6.07, 6.45) is 3.69. The minimum Gasteiger partial charge on any atom is -0.300 e. The van der Waals surface area contributed by atoms with Crippen LogP contribution in [0.25, 0.3) is 0 Å². The van der Waals surface area contributed by atoms with Gasteiger partial charge in [-0.25, -0.2) is 4.98 Å². The van der Waals surface area contributed by atoms with Gasteiger partial charge in [0.2, 0.25) is 0 Å². The summed E-state index contributed by atoms with van der Waals surface area (Å²) < 4.78 is 0. The van der Waals surface area contributed by atoms with E-state index in [0.29, 0.717) is 0 Å². The van der Waals surface area contributed by atoms with Gasteiger partial charge in [-0.15, -0.1) is 11.8 Å². The van der Waals surface area contributed by atoms with Gasteiger partial charge in [0.25, 0.3) is 0 Å². The molecular weight excluding hydrogens is 230 g/mol. The van der Waals surface area contributed by atoms with Gasteiger partial charge in [0.15, 0.2) is 0 Å². The Morgan fingerprint density at radius 3 is 2.94 bits per heavy atom. The second-order valence-electron chi connectivity index (χ2n) is 4.09. The molecule has 0 aliphatic carbocycles. The third-order valence-electron chi connectivity index (χ3n) is 2.52. The number of thioether (sulfide) groups is 1. The van der Waals surface area contributed by atoms with Gasteiger partial charge in [-0.2, -0.15) is 5.26 Å². The number of pyridine rings is 1. The molecule has 0 radical (unpaired) electrons. The fourth-order valence-electron chi connectivity index (χ4n) is 1.61. The van der Waals surface area contributed by atoms with E-state index in [2.05, 4.69) is 16.4 Å². The van der Waals surface area contributed by atoms with E-state index in [-0.39, 0.29) is 5.54 Å². The molecule has 0 saturated heterocycles. The van der Waals surface area contributed by atoms with Crippen molar-refractivity contribution < 1.29 is 0 Å². The Morgan fingerprint density at radius 2 is 2.35 bits per heavy atom. The molecule has 0 fully saturated rings. The molecule has 0 aliphatic heterocycles. The molecule has 3 nitrogen and oxygen atoms in total. The predicted molar refractivity (Wildman–Crippen MR) is 71.9 cm³/mol. The van der Waals surface area contributed by atoms with E-state index in [9.17, 15) is 0 Å². The first kappa shape index (κ1) is 14.0. The van der Waals surface area contributed by atoms with Crippen LogP contribution in [0, 0.1) is 11.3 Å². The first-order chi connectivity index (χ1) is 8.20. The summed E-state index contributed by atoms with van der Waals surface area (Å²) >= 11 is 1.74. The summed E-state index contributed by atoms with van der Waals surface area (Å²) in [5.74, 6) is 1.000. The Labute approximate surface area is 108 Å². The molecule has 0 aliphatic rings. The summed E-state index contributed by atoms with van der Waals surface area (Å²) in [6, 6.07) is 8.27. The highest BCUT2D eigenvalue weighted by molar-refractivity contribution is 7.99. The molecule has 1 aromatic rings. The summed E-state index contributed by atoms with van der Waals surface area (Å²) in [5.41, 5.74) is -0.389. The van der Waals surface area contributed by atoms with Crippen molar-refractivity contribution in [2.45, 2.75) is 37.3 Å². The molecule has 4 heteroatoms. The second kappa shape index (κ2) is 7.31. The van der Waals surface area contributed by atoms with E-state index in [0.717, 1.165) is 30.2 Å². The van der Waals surface area contributed by atoms with Gasteiger partial charge < -0.3 is 0 Å². The largest absolute Gasteiger partial charge is 0.300 e. The van der Waals surface area contributed by atoms with Crippen LogP contribution in [0.4, 0.5) is 0 Å². The zero-order valence-electron chi connectivity index (χ0n) is 10.4. The van der Waals surface area contributed by atoms with E-state index in [4.69, 9.17) is 5.26 Å². The van der Waals surface area contributed by atoms with Crippen molar-refractivity contribution in [3.05, 3.63) is 24.4 Å². The standard InChI is InChI=1S/C13H19N3S/c1-3-16-13(2,11-14)8-6-10-17-12-7-4-5-9-15-12/h4-5,7,9,16H,3,6,8,10H2,1-2H3. The fourth-order valence-corrected chi connectivity index (χ4v) is 2.42. The van der Waals surface area contributed by atoms with Crippen molar-refractivity contribution in [2.24, 2.45) is 0 Å². The van der Waals surface area contributed by atoms with E-state index < -0.39 is 0 Å². The first-order valence-corrected chi connectivity index (χ1v) is 6.89. The third kappa shape index (κ3) is 5.20. The molecule has 0 bridgehead atoms. The van der Waals surface area contributed by atoms with Crippen LogP contribution in [0.2, 0.25) is 0 Å². The van der Waals surface area contributed by atoms with Crippen LogP contribution in [0.1, 0.15) is 26.7 Å². The van der Waals surface area contributed by atoms with Gasteiger partial charge in [-0.3, -0.25) is 5.32 Å². The zero-order valence-corrected chi connectivity index (χ0v) is 11.3. The third-order valence-corrected chi connectivity index (χ3v) is 3.55. The van der Waals surface area contributed by atoms with Gasteiger partial charge in [0.1, 0.15) is 5.54 Å². The van der Waals surface area contributed by atoms with Gasteiger partial charge in [-0.05, 0) is 44.2 Å². The molecule has 1 N–H and O–H groups in total. The maximum Gasteiger partial charge on any atom is 0.103 e. The second-order valence-corrected chi connectivity index (χ2v) is 5.21. The molecule has 0 amide bonds. The van der Waals surface area contributed by atoms with E-state index in [1.807, 2.05) is 32.0 Å². The summed E-state index contributed by atoms with van der Waals surface area (Å²) in [6.45, 7) is 4.82. The smallest absolute Gasteiger partial charge is 0.103 e. The number of nitrogens with one attached hydrogen (secondary N) is 1. The molecule has 1 heterocycles. The SMILES string of the molecule is CCNC(C)(C#N)CCCSc1ccccn1. The van der Waals surface area contributed by atoms with Crippen LogP contribution in [-0.2, 0) is 0 Å². The maximum absolute atomic E-state index is 9.10. The highest BCUT2D eigenvalue weighted by Gasteiger charge is 2.21. The van der Waals surface area contributed by atoms with Crippen LogP contribution in [0.15, 0.2) is 29.4 Å². The molecule has 1 unspecified atom stereocenters. The van der Waals surface area contributed by atoms with Crippen molar-refractivity contribution >= 4 is 11.8 Å². The molecule has 0 saturated carbocycles. The van der Waals surface area contributed by atoms with Crippen LogP contribution in [0.3, 0.4) is 0 Å².